The number of nitrogens with zero attached hydrogens (tertiary/aromatic N) is 1. The van der Waals surface area contributed by atoms with Crippen molar-refractivity contribution in [1.29, 1.82) is 0 Å². The first-order chi connectivity index (χ1) is 11.1. The molecule has 1 aromatic carbocycles. The van der Waals surface area contributed by atoms with Gasteiger partial charge in [-0.3, -0.25) is 9.69 Å². The molecule has 5 heteroatoms. The van der Waals surface area contributed by atoms with E-state index in [1.165, 1.54) is 18.6 Å². The number of likely N-dealkylation sites (tertiary alicyclic amines) is 1. The van der Waals surface area contributed by atoms with Crippen LogP contribution in [-0.2, 0) is 11.3 Å². The summed E-state index contributed by atoms with van der Waals surface area (Å²) >= 11 is 0. The fraction of sp³-hybridized carbons (Fsp3) is 0.611. The van der Waals surface area contributed by atoms with E-state index in [0.29, 0.717) is 6.54 Å². The van der Waals surface area contributed by atoms with E-state index in [-0.39, 0.29) is 17.8 Å². The molecule has 0 aromatic heterocycles. The van der Waals surface area contributed by atoms with Gasteiger partial charge in [-0.15, -0.1) is 0 Å². The molecular formula is C18H28FN3O. The van der Waals surface area contributed by atoms with Crippen LogP contribution in [0, 0.1) is 11.7 Å². The van der Waals surface area contributed by atoms with Crippen LogP contribution in [0.5, 0.6) is 0 Å². The zero-order valence-corrected chi connectivity index (χ0v) is 14.1. The summed E-state index contributed by atoms with van der Waals surface area (Å²) in [7, 11) is 1.99. The fourth-order valence-electron chi connectivity index (χ4n) is 3.08. The van der Waals surface area contributed by atoms with Crippen LogP contribution in [0.25, 0.3) is 0 Å². The Balaban J connectivity index is 1.73. The molecule has 4 nitrogen and oxygen atoms in total. The van der Waals surface area contributed by atoms with Crippen molar-refractivity contribution in [1.82, 2.24) is 15.5 Å². The minimum absolute atomic E-state index is 0.0444. The third kappa shape index (κ3) is 5.59. The molecule has 0 bridgehead atoms. The topological polar surface area (TPSA) is 44.4 Å². The van der Waals surface area contributed by atoms with Crippen molar-refractivity contribution in [2.24, 2.45) is 5.92 Å². The van der Waals surface area contributed by atoms with Crippen molar-refractivity contribution in [3.63, 3.8) is 0 Å². The predicted octanol–water partition coefficient (Wildman–Crippen LogP) is 2.15. The first-order valence-electron chi connectivity index (χ1n) is 8.51. The first kappa shape index (κ1) is 17.9. The van der Waals surface area contributed by atoms with E-state index in [4.69, 9.17) is 0 Å². The molecule has 1 heterocycles. The van der Waals surface area contributed by atoms with Crippen molar-refractivity contribution >= 4 is 5.91 Å². The third-order valence-electron chi connectivity index (χ3n) is 4.76. The van der Waals surface area contributed by atoms with Crippen molar-refractivity contribution in [2.45, 2.75) is 38.8 Å². The molecule has 1 unspecified atom stereocenters. The molecule has 128 valence electrons. The van der Waals surface area contributed by atoms with Gasteiger partial charge < -0.3 is 10.6 Å². The van der Waals surface area contributed by atoms with Gasteiger partial charge in [-0.2, -0.15) is 0 Å². The summed E-state index contributed by atoms with van der Waals surface area (Å²) in [5, 5.41) is 6.15. The lowest BCUT2D eigenvalue weighted by molar-refractivity contribution is -0.126. The molecule has 0 spiro atoms. The maximum absolute atomic E-state index is 12.9. The van der Waals surface area contributed by atoms with Crippen molar-refractivity contribution in [2.75, 3.05) is 26.7 Å². The molecule has 1 saturated heterocycles. The Labute approximate surface area is 138 Å². The molecular weight excluding hydrogens is 293 g/mol. The zero-order chi connectivity index (χ0) is 16.7. The predicted molar refractivity (Wildman–Crippen MR) is 90.5 cm³/mol. The van der Waals surface area contributed by atoms with Crippen LogP contribution >= 0.6 is 0 Å². The lowest BCUT2D eigenvalue weighted by Crippen LogP contribution is -2.48. The number of rotatable bonds is 7. The second-order valence-corrected chi connectivity index (χ2v) is 6.39. The molecule has 0 radical (unpaired) electrons. The maximum atomic E-state index is 12.9. The largest absolute Gasteiger partial charge is 0.351 e. The van der Waals surface area contributed by atoms with Gasteiger partial charge in [0.1, 0.15) is 5.82 Å². The number of piperidine rings is 1. The minimum atomic E-state index is -0.255. The van der Waals surface area contributed by atoms with Gasteiger partial charge in [0.2, 0.25) is 5.91 Å². The monoisotopic (exact) mass is 321 g/mol. The quantitative estimate of drug-likeness (QED) is 0.809. The number of halogens is 1. The summed E-state index contributed by atoms with van der Waals surface area (Å²) in [6, 6.07) is 6.13. The standard InChI is InChI=1S/C18H28FN3O/c1-14(22-11-8-15(9-12-22)7-10-20-2)18(23)21-13-16-3-5-17(19)6-4-16/h3-6,14-15,20H,7-13H2,1-2H3,(H,21,23). The molecule has 0 saturated carbocycles. The van der Waals surface area contributed by atoms with Gasteiger partial charge in [0.15, 0.2) is 0 Å². The molecule has 1 atom stereocenters. The van der Waals surface area contributed by atoms with Gasteiger partial charge >= 0.3 is 0 Å². The normalized spacial score (nSPS) is 17.9. The van der Waals surface area contributed by atoms with Crippen molar-refractivity contribution < 1.29 is 9.18 Å². The van der Waals surface area contributed by atoms with Crippen molar-refractivity contribution in [3.05, 3.63) is 35.6 Å². The van der Waals surface area contributed by atoms with Gasteiger partial charge in [-0.25, -0.2) is 4.39 Å². The second kappa shape index (κ2) is 8.99. The van der Waals surface area contributed by atoms with Gasteiger partial charge in [-0.05, 0) is 76.5 Å². The Bertz CT molecular complexity index is 484. The molecule has 0 aliphatic carbocycles. The summed E-state index contributed by atoms with van der Waals surface area (Å²) in [6.45, 7) is 5.45. The van der Waals surface area contributed by atoms with Gasteiger partial charge in [0.05, 0.1) is 6.04 Å². The van der Waals surface area contributed by atoms with Crippen molar-refractivity contribution in [3.8, 4) is 0 Å². The smallest absolute Gasteiger partial charge is 0.237 e. The average Bonchev–Trinajstić information content (AvgIpc) is 2.59. The lowest BCUT2D eigenvalue weighted by Gasteiger charge is -2.35. The SMILES string of the molecule is CNCCC1CCN(C(C)C(=O)NCc2ccc(F)cc2)CC1. The van der Waals surface area contributed by atoms with Crippen LogP contribution in [0.1, 0.15) is 31.7 Å². The van der Waals surface area contributed by atoms with Gasteiger partial charge in [0.25, 0.3) is 0 Å². The molecule has 1 aliphatic rings. The molecule has 23 heavy (non-hydrogen) atoms. The number of carbonyl (C=O) groups excluding carboxylic acids is 1. The Morgan fingerprint density at radius 3 is 2.57 bits per heavy atom. The highest BCUT2D eigenvalue weighted by molar-refractivity contribution is 5.81. The van der Waals surface area contributed by atoms with Crippen LogP contribution in [-0.4, -0.2) is 43.5 Å². The summed E-state index contributed by atoms with van der Waals surface area (Å²) in [6.07, 6.45) is 3.55. The summed E-state index contributed by atoms with van der Waals surface area (Å²) in [5.41, 5.74) is 0.915. The molecule has 1 aromatic rings. The minimum Gasteiger partial charge on any atom is -0.351 e. The first-order valence-corrected chi connectivity index (χ1v) is 8.51. The van der Waals surface area contributed by atoms with E-state index >= 15 is 0 Å². The number of carbonyl (C=O) groups is 1. The van der Waals surface area contributed by atoms with Gasteiger partial charge in [0, 0.05) is 6.54 Å². The Kier molecular flexibility index (Phi) is 6.99. The van der Waals surface area contributed by atoms with E-state index in [1.807, 2.05) is 14.0 Å². The van der Waals surface area contributed by atoms with Crippen LogP contribution in [0.2, 0.25) is 0 Å². The third-order valence-corrected chi connectivity index (χ3v) is 4.76. The Morgan fingerprint density at radius 2 is 1.96 bits per heavy atom. The Morgan fingerprint density at radius 1 is 1.30 bits per heavy atom. The summed E-state index contributed by atoms with van der Waals surface area (Å²) < 4.78 is 12.9. The van der Waals surface area contributed by atoms with E-state index in [0.717, 1.165) is 44.0 Å². The zero-order valence-electron chi connectivity index (χ0n) is 14.1. The number of nitrogens with one attached hydrogen (secondary N) is 2. The molecule has 1 fully saturated rings. The molecule has 2 N–H and O–H groups in total. The van der Waals surface area contributed by atoms with E-state index in [9.17, 15) is 9.18 Å². The summed E-state index contributed by atoms with van der Waals surface area (Å²) in [4.78, 5) is 14.6. The highest BCUT2D eigenvalue weighted by Gasteiger charge is 2.26. The average molecular weight is 321 g/mol. The van der Waals surface area contributed by atoms with Crippen LogP contribution < -0.4 is 10.6 Å². The Hall–Kier alpha value is -1.46. The van der Waals surface area contributed by atoms with Crippen LogP contribution in [0.15, 0.2) is 24.3 Å². The van der Waals surface area contributed by atoms with Crippen LogP contribution in [0.3, 0.4) is 0 Å². The van der Waals surface area contributed by atoms with E-state index in [1.54, 1.807) is 12.1 Å². The maximum Gasteiger partial charge on any atom is 0.237 e. The van der Waals surface area contributed by atoms with Crippen LogP contribution in [0.4, 0.5) is 4.39 Å². The van der Waals surface area contributed by atoms with E-state index in [2.05, 4.69) is 15.5 Å². The summed E-state index contributed by atoms with van der Waals surface area (Å²) in [5.74, 6) is 0.561. The van der Waals surface area contributed by atoms with E-state index < -0.39 is 0 Å². The fourth-order valence-corrected chi connectivity index (χ4v) is 3.08. The number of amides is 1. The molecule has 1 aliphatic heterocycles. The molecule has 2 rings (SSSR count). The number of hydrogen-bond acceptors (Lipinski definition) is 3. The number of benzene rings is 1. The highest BCUT2D eigenvalue weighted by atomic mass is 19.1. The van der Waals surface area contributed by atoms with Gasteiger partial charge in [-0.1, -0.05) is 12.1 Å². The molecule has 1 amide bonds. The highest BCUT2D eigenvalue weighted by Crippen LogP contribution is 2.21. The lowest BCUT2D eigenvalue weighted by atomic mass is 9.93. The second-order valence-electron chi connectivity index (χ2n) is 6.39. The number of hydrogen-bond donors (Lipinski definition) is 2.